The molecule has 1 unspecified atom stereocenters. The minimum Gasteiger partial charge on any atom is -0.385 e. The van der Waals surface area contributed by atoms with Gasteiger partial charge in [-0.25, -0.2) is 0 Å². The minimum atomic E-state index is -1.22. The van der Waals surface area contributed by atoms with Gasteiger partial charge >= 0.3 is 0 Å². The van der Waals surface area contributed by atoms with Gasteiger partial charge < -0.3 is 5.11 Å². The van der Waals surface area contributed by atoms with Gasteiger partial charge in [0.25, 0.3) is 0 Å². The molecule has 0 fully saturated rings. The molecule has 0 aromatic heterocycles. The first-order valence-corrected chi connectivity index (χ1v) is 5.63. The van der Waals surface area contributed by atoms with Crippen molar-refractivity contribution in [3.8, 4) is 0 Å². The quantitative estimate of drug-likeness (QED) is 0.813. The number of carbonyl (C=O) groups is 2. The lowest BCUT2D eigenvalue weighted by Gasteiger charge is -2.20. The van der Waals surface area contributed by atoms with Gasteiger partial charge in [-0.15, -0.1) is 0 Å². The summed E-state index contributed by atoms with van der Waals surface area (Å²) in [5, 5.41) is 9.71. The zero-order valence-corrected chi connectivity index (χ0v) is 10.4. The molecule has 0 radical (unpaired) electrons. The molecule has 1 aromatic carbocycles. The standard InChI is InChI=1S/C14H18O3/c1-14(2,3)13(17)12(16)9-11(15)10-7-5-4-6-8-10/h4-8,12,16H,9H2,1-3H3. The summed E-state index contributed by atoms with van der Waals surface area (Å²) in [5.41, 5.74) is -0.107. The monoisotopic (exact) mass is 234 g/mol. The van der Waals surface area contributed by atoms with Crippen LogP contribution in [0, 0.1) is 5.41 Å². The number of rotatable bonds is 4. The van der Waals surface area contributed by atoms with Crippen LogP contribution in [0.2, 0.25) is 0 Å². The molecule has 92 valence electrons. The maximum absolute atomic E-state index is 11.8. The van der Waals surface area contributed by atoms with E-state index in [2.05, 4.69) is 0 Å². The van der Waals surface area contributed by atoms with Gasteiger partial charge in [-0.2, -0.15) is 0 Å². The minimum absolute atomic E-state index is 0.153. The largest absolute Gasteiger partial charge is 0.385 e. The Kier molecular flexibility index (Phi) is 4.18. The van der Waals surface area contributed by atoms with E-state index in [9.17, 15) is 14.7 Å². The Morgan fingerprint density at radius 2 is 1.71 bits per heavy atom. The topological polar surface area (TPSA) is 54.4 Å². The Morgan fingerprint density at radius 1 is 1.18 bits per heavy atom. The first-order valence-electron chi connectivity index (χ1n) is 5.63. The Hall–Kier alpha value is -1.48. The summed E-state index contributed by atoms with van der Waals surface area (Å²) in [6, 6.07) is 8.68. The van der Waals surface area contributed by atoms with Crippen LogP contribution in [0.5, 0.6) is 0 Å². The van der Waals surface area contributed by atoms with Crippen molar-refractivity contribution in [2.24, 2.45) is 5.41 Å². The van der Waals surface area contributed by atoms with Crippen molar-refractivity contribution in [2.45, 2.75) is 33.3 Å². The molecule has 0 aliphatic rings. The molecule has 0 heterocycles. The van der Waals surface area contributed by atoms with Crippen molar-refractivity contribution in [1.29, 1.82) is 0 Å². The molecule has 0 amide bonds. The maximum atomic E-state index is 11.8. The molecule has 3 nitrogen and oxygen atoms in total. The van der Waals surface area contributed by atoms with Gasteiger partial charge in [-0.1, -0.05) is 51.1 Å². The average molecular weight is 234 g/mol. The Labute approximate surface area is 101 Å². The van der Waals surface area contributed by atoms with E-state index in [4.69, 9.17) is 0 Å². The van der Waals surface area contributed by atoms with Crippen LogP contribution >= 0.6 is 0 Å². The van der Waals surface area contributed by atoms with Crippen LogP contribution in [-0.2, 0) is 4.79 Å². The van der Waals surface area contributed by atoms with Gasteiger partial charge in [0.2, 0.25) is 0 Å². The highest BCUT2D eigenvalue weighted by Crippen LogP contribution is 2.19. The van der Waals surface area contributed by atoms with E-state index < -0.39 is 11.5 Å². The SMILES string of the molecule is CC(C)(C)C(=O)C(O)CC(=O)c1ccccc1. The van der Waals surface area contributed by atoms with Crippen LogP contribution in [0.15, 0.2) is 30.3 Å². The number of hydrogen-bond donors (Lipinski definition) is 1. The third-order valence-corrected chi connectivity index (χ3v) is 2.52. The summed E-state index contributed by atoms with van der Waals surface area (Å²) in [4.78, 5) is 23.5. The normalized spacial score (nSPS) is 13.2. The predicted molar refractivity (Wildman–Crippen MR) is 65.9 cm³/mol. The molecule has 1 atom stereocenters. The Morgan fingerprint density at radius 3 is 2.18 bits per heavy atom. The summed E-state index contributed by atoms with van der Waals surface area (Å²) >= 11 is 0. The van der Waals surface area contributed by atoms with Gasteiger partial charge in [-0.3, -0.25) is 9.59 Å². The van der Waals surface area contributed by atoms with E-state index in [1.807, 2.05) is 6.07 Å². The number of carbonyl (C=O) groups excluding carboxylic acids is 2. The summed E-state index contributed by atoms with van der Waals surface area (Å²) in [6.07, 6.45) is -1.37. The molecule has 17 heavy (non-hydrogen) atoms. The van der Waals surface area contributed by atoms with Crippen LogP contribution in [0.1, 0.15) is 37.6 Å². The van der Waals surface area contributed by atoms with Crippen molar-refractivity contribution in [2.75, 3.05) is 0 Å². The number of aliphatic hydroxyl groups is 1. The molecule has 0 saturated heterocycles. The van der Waals surface area contributed by atoms with E-state index in [0.717, 1.165) is 0 Å². The highest BCUT2D eigenvalue weighted by Gasteiger charge is 2.29. The molecule has 3 heteroatoms. The van der Waals surface area contributed by atoms with E-state index in [1.165, 1.54) is 0 Å². The molecule has 0 spiro atoms. The second-order valence-electron chi connectivity index (χ2n) is 5.12. The first-order chi connectivity index (χ1) is 7.82. The van der Waals surface area contributed by atoms with Crippen LogP contribution in [0.25, 0.3) is 0 Å². The first kappa shape index (κ1) is 13.6. The molecule has 1 aromatic rings. The maximum Gasteiger partial charge on any atom is 0.167 e. The Balaban J connectivity index is 2.68. The van der Waals surface area contributed by atoms with Crippen molar-refractivity contribution < 1.29 is 14.7 Å². The average Bonchev–Trinajstić information content (AvgIpc) is 2.27. The molecule has 1 rings (SSSR count). The van der Waals surface area contributed by atoms with Crippen LogP contribution in [0.4, 0.5) is 0 Å². The highest BCUT2D eigenvalue weighted by molar-refractivity contribution is 6.00. The predicted octanol–water partition coefficient (Wildman–Crippen LogP) is 2.24. The van der Waals surface area contributed by atoms with Crippen LogP contribution < -0.4 is 0 Å². The van der Waals surface area contributed by atoms with Gasteiger partial charge in [0.1, 0.15) is 6.10 Å². The van der Waals surface area contributed by atoms with Crippen molar-refractivity contribution in [3.63, 3.8) is 0 Å². The number of benzene rings is 1. The summed E-state index contributed by atoms with van der Waals surface area (Å²) < 4.78 is 0. The van der Waals surface area contributed by atoms with Gasteiger partial charge in [0.15, 0.2) is 11.6 Å². The van der Waals surface area contributed by atoms with Crippen LogP contribution in [-0.4, -0.2) is 22.8 Å². The van der Waals surface area contributed by atoms with Crippen molar-refractivity contribution in [3.05, 3.63) is 35.9 Å². The lowest BCUT2D eigenvalue weighted by molar-refractivity contribution is -0.134. The smallest absolute Gasteiger partial charge is 0.167 e. The molecule has 0 bridgehead atoms. The second kappa shape index (κ2) is 5.23. The molecule has 0 saturated carbocycles. The van der Waals surface area contributed by atoms with E-state index >= 15 is 0 Å². The van der Waals surface area contributed by atoms with E-state index in [-0.39, 0.29) is 18.0 Å². The fraction of sp³-hybridized carbons (Fsp3) is 0.429. The summed E-state index contributed by atoms with van der Waals surface area (Å²) in [7, 11) is 0. The fourth-order valence-electron chi connectivity index (χ4n) is 1.51. The second-order valence-corrected chi connectivity index (χ2v) is 5.12. The highest BCUT2D eigenvalue weighted by atomic mass is 16.3. The molecule has 1 N–H and O–H groups in total. The summed E-state index contributed by atoms with van der Waals surface area (Å²) in [6.45, 7) is 5.18. The molecule has 0 aliphatic carbocycles. The van der Waals surface area contributed by atoms with E-state index in [0.29, 0.717) is 5.56 Å². The number of aliphatic hydroxyl groups excluding tert-OH is 1. The van der Waals surface area contributed by atoms with Gasteiger partial charge in [0.05, 0.1) is 0 Å². The third-order valence-electron chi connectivity index (χ3n) is 2.52. The molecular formula is C14H18O3. The van der Waals surface area contributed by atoms with Gasteiger partial charge in [-0.05, 0) is 0 Å². The number of Topliss-reactive ketones (excluding diaryl/α,β-unsaturated/α-hetero) is 2. The van der Waals surface area contributed by atoms with Crippen molar-refractivity contribution in [1.82, 2.24) is 0 Å². The molecule has 0 aliphatic heterocycles. The lowest BCUT2D eigenvalue weighted by Crippen LogP contribution is -2.34. The zero-order chi connectivity index (χ0) is 13.1. The molecular weight excluding hydrogens is 216 g/mol. The lowest BCUT2D eigenvalue weighted by atomic mass is 9.85. The Bertz CT molecular complexity index is 401. The van der Waals surface area contributed by atoms with Gasteiger partial charge in [0, 0.05) is 17.4 Å². The number of hydrogen-bond acceptors (Lipinski definition) is 3. The van der Waals surface area contributed by atoms with Crippen molar-refractivity contribution >= 4 is 11.6 Å². The van der Waals surface area contributed by atoms with E-state index in [1.54, 1.807) is 45.0 Å². The third kappa shape index (κ3) is 3.79. The van der Waals surface area contributed by atoms with Crippen LogP contribution in [0.3, 0.4) is 0 Å². The summed E-state index contributed by atoms with van der Waals surface area (Å²) in [5.74, 6) is -0.516. The number of ketones is 2. The fourth-order valence-corrected chi connectivity index (χ4v) is 1.51. The zero-order valence-electron chi connectivity index (χ0n) is 10.4.